The van der Waals surface area contributed by atoms with Gasteiger partial charge in [-0.25, -0.2) is 0 Å². The molecule has 0 radical (unpaired) electrons. The SMILES string of the molecule is COc1cccc(C(C)C(=O)O)c1OC1CCSC1. The number of methoxy groups -OCH3 is 1. The van der Waals surface area contributed by atoms with Crippen molar-refractivity contribution in [3.8, 4) is 11.5 Å². The first-order valence-corrected chi connectivity index (χ1v) is 7.43. The molecule has 0 bridgehead atoms. The van der Waals surface area contributed by atoms with Gasteiger partial charge in [0.15, 0.2) is 11.5 Å². The van der Waals surface area contributed by atoms with Gasteiger partial charge in [0.2, 0.25) is 0 Å². The molecule has 0 spiro atoms. The standard InChI is InChI=1S/C14H18O4S/c1-9(14(15)16)11-4-3-5-12(17-2)13(11)18-10-6-7-19-8-10/h3-5,9-10H,6-8H2,1-2H3,(H,15,16). The van der Waals surface area contributed by atoms with Crippen LogP contribution in [0, 0.1) is 0 Å². The molecule has 1 aliphatic rings. The lowest BCUT2D eigenvalue weighted by Gasteiger charge is -2.20. The molecule has 0 aliphatic carbocycles. The summed E-state index contributed by atoms with van der Waals surface area (Å²) in [5.74, 6) is 1.73. The molecule has 1 aromatic carbocycles. The van der Waals surface area contributed by atoms with Crippen LogP contribution in [-0.4, -0.2) is 35.8 Å². The number of thioether (sulfide) groups is 1. The molecule has 19 heavy (non-hydrogen) atoms. The Bertz CT molecular complexity index is 455. The zero-order valence-electron chi connectivity index (χ0n) is 11.1. The van der Waals surface area contributed by atoms with Gasteiger partial charge in [-0.2, -0.15) is 11.8 Å². The molecule has 0 saturated carbocycles. The number of aliphatic carboxylic acids is 1. The average Bonchev–Trinajstić information content (AvgIpc) is 2.91. The van der Waals surface area contributed by atoms with Crippen molar-refractivity contribution in [2.75, 3.05) is 18.6 Å². The number of hydrogen-bond acceptors (Lipinski definition) is 4. The monoisotopic (exact) mass is 282 g/mol. The van der Waals surface area contributed by atoms with Gasteiger partial charge in [-0.05, 0) is 25.2 Å². The van der Waals surface area contributed by atoms with E-state index in [-0.39, 0.29) is 6.10 Å². The second-order valence-corrected chi connectivity index (χ2v) is 5.69. The van der Waals surface area contributed by atoms with Gasteiger partial charge >= 0.3 is 5.97 Å². The van der Waals surface area contributed by atoms with Crippen LogP contribution in [0.1, 0.15) is 24.8 Å². The molecule has 104 valence electrons. The van der Waals surface area contributed by atoms with Crippen molar-refractivity contribution in [2.45, 2.75) is 25.4 Å². The number of rotatable bonds is 5. The number of benzene rings is 1. The summed E-state index contributed by atoms with van der Waals surface area (Å²) >= 11 is 1.85. The molecule has 1 fully saturated rings. The van der Waals surface area contributed by atoms with Crippen molar-refractivity contribution in [2.24, 2.45) is 0 Å². The third-order valence-corrected chi connectivity index (χ3v) is 4.37. The van der Waals surface area contributed by atoms with E-state index in [1.54, 1.807) is 32.2 Å². The van der Waals surface area contributed by atoms with E-state index in [0.717, 1.165) is 17.9 Å². The van der Waals surface area contributed by atoms with Crippen LogP contribution in [0.3, 0.4) is 0 Å². The Morgan fingerprint density at radius 1 is 1.53 bits per heavy atom. The van der Waals surface area contributed by atoms with Gasteiger partial charge in [-0.15, -0.1) is 0 Å². The molecule has 1 heterocycles. The minimum absolute atomic E-state index is 0.140. The lowest BCUT2D eigenvalue weighted by molar-refractivity contribution is -0.138. The fourth-order valence-corrected chi connectivity index (χ4v) is 3.16. The van der Waals surface area contributed by atoms with Crippen LogP contribution in [0.5, 0.6) is 11.5 Å². The topological polar surface area (TPSA) is 55.8 Å². The van der Waals surface area contributed by atoms with Gasteiger partial charge in [0, 0.05) is 11.3 Å². The fraction of sp³-hybridized carbons (Fsp3) is 0.500. The van der Waals surface area contributed by atoms with Crippen molar-refractivity contribution in [1.82, 2.24) is 0 Å². The second kappa shape index (κ2) is 6.19. The van der Waals surface area contributed by atoms with Crippen LogP contribution in [0.2, 0.25) is 0 Å². The first-order chi connectivity index (χ1) is 9.13. The highest BCUT2D eigenvalue weighted by molar-refractivity contribution is 7.99. The van der Waals surface area contributed by atoms with Crippen LogP contribution in [0.4, 0.5) is 0 Å². The molecule has 0 amide bonds. The number of ether oxygens (including phenoxy) is 2. The predicted molar refractivity (Wildman–Crippen MR) is 75.4 cm³/mol. The summed E-state index contributed by atoms with van der Waals surface area (Å²) in [7, 11) is 1.57. The summed E-state index contributed by atoms with van der Waals surface area (Å²) in [6.45, 7) is 1.66. The lowest BCUT2D eigenvalue weighted by atomic mass is 10.00. The van der Waals surface area contributed by atoms with E-state index in [4.69, 9.17) is 9.47 Å². The van der Waals surface area contributed by atoms with Gasteiger partial charge in [-0.1, -0.05) is 12.1 Å². The van der Waals surface area contributed by atoms with E-state index in [1.165, 1.54) is 0 Å². The number of carboxylic acid groups (broad SMARTS) is 1. The van der Waals surface area contributed by atoms with Gasteiger partial charge in [-0.3, -0.25) is 4.79 Å². The quantitative estimate of drug-likeness (QED) is 0.900. The minimum atomic E-state index is -0.862. The number of carbonyl (C=O) groups is 1. The van der Waals surface area contributed by atoms with Crippen molar-refractivity contribution in [1.29, 1.82) is 0 Å². The molecule has 1 aromatic rings. The summed E-state index contributed by atoms with van der Waals surface area (Å²) in [4.78, 5) is 11.2. The predicted octanol–water partition coefficient (Wildman–Crippen LogP) is 2.77. The third kappa shape index (κ3) is 3.15. The summed E-state index contributed by atoms with van der Waals surface area (Å²) in [6.07, 6.45) is 1.13. The average molecular weight is 282 g/mol. The molecule has 2 atom stereocenters. The van der Waals surface area contributed by atoms with Gasteiger partial charge in [0.25, 0.3) is 0 Å². The number of para-hydroxylation sites is 1. The van der Waals surface area contributed by atoms with Crippen LogP contribution >= 0.6 is 11.8 Å². The maximum Gasteiger partial charge on any atom is 0.310 e. The van der Waals surface area contributed by atoms with E-state index in [9.17, 15) is 9.90 Å². The third-order valence-electron chi connectivity index (χ3n) is 3.24. The fourth-order valence-electron chi connectivity index (χ4n) is 2.07. The largest absolute Gasteiger partial charge is 0.493 e. The molecule has 1 N–H and O–H groups in total. The first kappa shape index (κ1) is 14.1. The van der Waals surface area contributed by atoms with E-state index in [0.29, 0.717) is 17.1 Å². The Morgan fingerprint density at radius 3 is 2.89 bits per heavy atom. The molecule has 2 unspecified atom stereocenters. The normalized spacial score (nSPS) is 20.0. The number of carboxylic acids is 1. The summed E-state index contributed by atoms with van der Waals surface area (Å²) in [6, 6.07) is 5.39. The molecular formula is C14H18O4S. The summed E-state index contributed by atoms with van der Waals surface area (Å²) in [5.41, 5.74) is 0.670. The highest BCUT2D eigenvalue weighted by atomic mass is 32.2. The zero-order chi connectivity index (χ0) is 13.8. The molecule has 0 aromatic heterocycles. The van der Waals surface area contributed by atoms with Crippen molar-refractivity contribution < 1.29 is 19.4 Å². The molecule has 5 heteroatoms. The lowest BCUT2D eigenvalue weighted by Crippen LogP contribution is -2.18. The van der Waals surface area contributed by atoms with E-state index >= 15 is 0 Å². The Kier molecular flexibility index (Phi) is 4.58. The van der Waals surface area contributed by atoms with Crippen LogP contribution < -0.4 is 9.47 Å². The van der Waals surface area contributed by atoms with Crippen LogP contribution in [0.15, 0.2) is 18.2 Å². The van der Waals surface area contributed by atoms with E-state index in [1.807, 2.05) is 11.8 Å². The first-order valence-electron chi connectivity index (χ1n) is 6.27. The van der Waals surface area contributed by atoms with Gasteiger partial charge in [0.1, 0.15) is 6.10 Å². The molecule has 4 nitrogen and oxygen atoms in total. The molecule has 2 rings (SSSR count). The smallest absolute Gasteiger partial charge is 0.310 e. The second-order valence-electron chi connectivity index (χ2n) is 4.54. The van der Waals surface area contributed by atoms with Crippen LogP contribution in [0.25, 0.3) is 0 Å². The highest BCUT2D eigenvalue weighted by Gasteiger charge is 2.25. The maximum absolute atomic E-state index is 11.2. The maximum atomic E-state index is 11.2. The highest BCUT2D eigenvalue weighted by Crippen LogP contribution is 2.38. The Hall–Kier alpha value is -1.36. The van der Waals surface area contributed by atoms with Crippen molar-refractivity contribution in [3.63, 3.8) is 0 Å². The molecule has 1 aliphatic heterocycles. The Morgan fingerprint density at radius 2 is 2.32 bits per heavy atom. The molecular weight excluding hydrogens is 264 g/mol. The van der Waals surface area contributed by atoms with E-state index < -0.39 is 11.9 Å². The van der Waals surface area contributed by atoms with Crippen LogP contribution in [-0.2, 0) is 4.79 Å². The molecule has 1 saturated heterocycles. The van der Waals surface area contributed by atoms with Gasteiger partial charge in [0.05, 0.1) is 13.0 Å². The van der Waals surface area contributed by atoms with Crippen molar-refractivity contribution >= 4 is 17.7 Å². The Labute approximate surface area is 117 Å². The Balaban J connectivity index is 2.33. The van der Waals surface area contributed by atoms with E-state index in [2.05, 4.69) is 0 Å². The summed E-state index contributed by atoms with van der Waals surface area (Å²) in [5, 5.41) is 9.18. The minimum Gasteiger partial charge on any atom is -0.493 e. The van der Waals surface area contributed by atoms with Crippen molar-refractivity contribution in [3.05, 3.63) is 23.8 Å². The zero-order valence-corrected chi connectivity index (χ0v) is 11.9. The number of hydrogen-bond donors (Lipinski definition) is 1. The summed E-state index contributed by atoms with van der Waals surface area (Å²) < 4.78 is 11.3. The van der Waals surface area contributed by atoms with Gasteiger partial charge < -0.3 is 14.6 Å².